The van der Waals surface area contributed by atoms with Crippen molar-refractivity contribution in [1.82, 2.24) is 15.2 Å². The molecule has 0 spiro atoms. The van der Waals surface area contributed by atoms with Crippen LogP contribution in [0.2, 0.25) is 0 Å². The summed E-state index contributed by atoms with van der Waals surface area (Å²) >= 11 is 1.73. The maximum atomic E-state index is 5.52. The molecule has 5 heteroatoms. The quantitative estimate of drug-likeness (QED) is 0.742. The number of nitrogens with one attached hydrogen (secondary N) is 1. The van der Waals surface area contributed by atoms with Gasteiger partial charge in [-0.2, -0.15) is 0 Å². The zero-order chi connectivity index (χ0) is 14.3. The molecule has 0 aliphatic rings. The number of likely N-dealkylation sites (N-methyl/N-ethyl adjacent to an activating group) is 1. The lowest BCUT2D eigenvalue weighted by atomic mass is 9.93. The Bertz CT molecular complexity index is 358. The van der Waals surface area contributed by atoms with E-state index in [2.05, 4.69) is 55.4 Å². The van der Waals surface area contributed by atoms with E-state index in [0.29, 0.717) is 0 Å². The van der Waals surface area contributed by atoms with Crippen LogP contribution in [0.4, 0.5) is 0 Å². The van der Waals surface area contributed by atoms with E-state index < -0.39 is 0 Å². The van der Waals surface area contributed by atoms with Gasteiger partial charge in [-0.25, -0.2) is 4.98 Å². The first-order valence-electron chi connectivity index (χ1n) is 6.77. The summed E-state index contributed by atoms with van der Waals surface area (Å²) in [7, 11) is 4.10. The molecule has 1 aromatic heterocycles. The molecule has 0 bridgehead atoms. The van der Waals surface area contributed by atoms with Crippen molar-refractivity contribution in [3.63, 3.8) is 0 Å². The minimum atomic E-state index is 0.143. The lowest BCUT2D eigenvalue weighted by Gasteiger charge is -2.14. The first kappa shape index (κ1) is 16.6. The van der Waals surface area contributed by atoms with E-state index in [4.69, 9.17) is 4.74 Å². The smallest absolute Gasteiger partial charge is 0.107 e. The summed E-state index contributed by atoms with van der Waals surface area (Å²) in [4.78, 5) is 6.77. The number of ether oxygens (including phenoxy) is 1. The summed E-state index contributed by atoms with van der Waals surface area (Å²) in [5, 5.41) is 6.67. The normalized spacial score (nSPS) is 12.3. The fourth-order valence-corrected chi connectivity index (χ4v) is 2.42. The van der Waals surface area contributed by atoms with Gasteiger partial charge < -0.3 is 15.0 Å². The Kier molecular flexibility index (Phi) is 6.93. The van der Waals surface area contributed by atoms with Crippen molar-refractivity contribution in [1.29, 1.82) is 0 Å². The van der Waals surface area contributed by atoms with E-state index in [1.165, 1.54) is 5.69 Å². The highest BCUT2D eigenvalue weighted by Crippen LogP contribution is 2.23. The van der Waals surface area contributed by atoms with Crippen LogP contribution in [0.5, 0.6) is 0 Å². The van der Waals surface area contributed by atoms with E-state index in [-0.39, 0.29) is 5.41 Å². The highest BCUT2D eigenvalue weighted by atomic mass is 32.1. The molecule has 0 radical (unpaired) electrons. The zero-order valence-corrected chi connectivity index (χ0v) is 13.6. The molecule has 110 valence electrons. The molecule has 0 aliphatic heterocycles. The molecule has 1 N–H and O–H groups in total. The van der Waals surface area contributed by atoms with Crippen LogP contribution < -0.4 is 5.32 Å². The summed E-state index contributed by atoms with van der Waals surface area (Å²) in [6.07, 6.45) is 0. The van der Waals surface area contributed by atoms with Crippen molar-refractivity contribution in [3.8, 4) is 0 Å². The van der Waals surface area contributed by atoms with E-state index in [1.807, 2.05) is 0 Å². The van der Waals surface area contributed by atoms with Crippen LogP contribution in [-0.2, 0) is 16.7 Å². The molecule has 1 rings (SSSR count). The second-order valence-electron chi connectivity index (χ2n) is 5.97. The van der Waals surface area contributed by atoms with Gasteiger partial charge in [0.05, 0.1) is 18.9 Å². The van der Waals surface area contributed by atoms with E-state index in [0.717, 1.165) is 37.9 Å². The Morgan fingerprint density at radius 2 is 2.05 bits per heavy atom. The predicted molar refractivity (Wildman–Crippen MR) is 81.9 cm³/mol. The molecule has 0 aromatic carbocycles. The number of thiazole rings is 1. The SMILES string of the molecule is CN(C)CCOCCNCc1nc(C(C)(C)C)cs1. The Hall–Kier alpha value is -0.490. The van der Waals surface area contributed by atoms with Gasteiger partial charge in [0.15, 0.2) is 0 Å². The largest absolute Gasteiger partial charge is 0.379 e. The predicted octanol–water partition coefficient (Wildman–Crippen LogP) is 2.11. The Balaban J connectivity index is 2.11. The maximum Gasteiger partial charge on any atom is 0.107 e. The monoisotopic (exact) mass is 285 g/mol. The van der Waals surface area contributed by atoms with E-state index >= 15 is 0 Å². The first-order chi connectivity index (χ1) is 8.89. The minimum absolute atomic E-state index is 0.143. The van der Waals surface area contributed by atoms with E-state index in [9.17, 15) is 0 Å². The average Bonchev–Trinajstić information content (AvgIpc) is 2.75. The first-order valence-corrected chi connectivity index (χ1v) is 7.65. The summed E-state index contributed by atoms with van der Waals surface area (Å²) < 4.78 is 5.52. The maximum absolute atomic E-state index is 5.52. The number of nitrogens with zero attached hydrogens (tertiary/aromatic N) is 2. The van der Waals surface area contributed by atoms with Gasteiger partial charge in [0, 0.05) is 30.4 Å². The third-order valence-electron chi connectivity index (χ3n) is 2.70. The number of hydrogen-bond acceptors (Lipinski definition) is 5. The Morgan fingerprint density at radius 3 is 2.63 bits per heavy atom. The van der Waals surface area contributed by atoms with Gasteiger partial charge in [0.2, 0.25) is 0 Å². The van der Waals surface area contributed by atoms with Gasteiger partial charge in [-0.05, 0) is 14.1 Å². The van der Waals surface area contributed by atoms with Crippen molar-refractivity contribution >= 4 is 11.3 Å². The molecular formula is C14H27N3OS. The summed E-state index contributed by atoms with van der Waals surface area (Å²) in [5.41, 5.74) is 1.32. The van der Waals surface area contributed by atoms with Crippen LogP contribution in [0.25, 0.3) is 0 Å². The summed E-state index contributed by atoms with van der Waals surface area (Å²) in [6.45, 7) is 10.8. The van der Waals surface area contributed by atoms with Crippen molar-refractivity contribution < 1.29 is 4.74 Å². The van der Waals surface area contributed by atoms with Crippen molar-refractivity contribution in [2.45, 2.75) is 32.7 Å². The van der Waals surface area contributed by atoms with Gasteiger partial charge in [0.25, 0.3) is 0 Å². The van der Waals surface area contributed by atoms with Crippen LogP contribution in [-0.4, -0.2) is 50.3 Å². The summed E-state index contributed by atoms with van der Waals surface area (Å²) in [5.74, 6) is 0. The topological polar surface area (TPSA) is 37.4 Å². The third-order valence-corrected chi connectivity index (χ3v) is 3.55. The molecule has 0 aliphatic carbocycles. The van der Waals surface area contributed by atoms with Crippen LogP contribution in [0, 0.1) is 0 Å². The second kappa shape index (κ2) is 7.94. The van der Waals surface area contributed by atoms with Crippen molar-refractivity contribution in [3.05, 3.63) is 16.1 Å². The molecule has 0 unspecified atom stereocenters. The van der Waals surface area contributed by atoms with Gasteiger partial charge in [-0.15, -0.1) is 11.3 Å². The molecular weight excluding hydrogens is 258 g/mol. The highest BCUT2D eigenvalue weighted by Gasteiger charge is 2.16. The molecule has 0 saturated heterocycles. The van der Waals surface area contributed by atoms with Gasteiger partial charge in [-0.3, -0.25) is 0 Å². The Morgan fingerprint density at radius 1 is 1.32 bits per heavy atom. The number of aromatic nitrogens is 1. The Labute approximate surface area is 121 Å². The fourth-order valence-electron chi connectivity index (χ4n) is 1.43. The molecule has 1 heterocycles. The average molecular weight is 285 g/mol. The molecule has 19 heavy (non-hydrogen) atoms. The van der Waals surface area contributed by atoms with E-state index in [1.54, 1.807) is 11.3 Å². The minimum Gasteiger partial charge on any atom is -0.379 e. The van der Waals surface area contributed by atoms with Gasteiger partial charge in [-0.1, -0.05) is 20.8 Å². The van der Waals surface area contributed by atoms with Crippen molar-refractivity contribution in [2.24, 2.45) is 0 Å². The third kappa shape index (κ3) is 7.01. The van der Waals surface area contributed by atoms with Gasteiger partial charge in [0.1, 0.15) is 5.01 Å². The van der Waals surface area contributed by atoms with Crippen LogP contribution in [0.1, 0.15) is 31.5 Å². The molecule has 0 fully saturated rings. The lowest BCUT2D eigenvalue weighted by Crippen LogP contribution is -2.23. The lowest BCUT2D eigenvalue weighted by molar-refractivity contribution is 0.119. The van der Waals surface area contributed by atoms with Crippen molar-refractivity contribution in [2.75, 3.05) is 40.4 Å². The van der Waals surface area contributed by atoms with Gasteiger partial charge >= 0.3 is 0 Å². The highest BCUT2D eigenvalue weighted by molar-refractivity contribution is 7.09. The van der Waals surface area contributed by atoms with Crippen LogP contribution >= 0.6 is 11.3 Å². The zero-order valence-electron chi connectivity index (χ0n) is 12.8. The summed E-state index contributed by atoms with van der Waals surface area (Å²) in [6, 6.07) is 0. The molecule has 0 amide bonds. The number of rotatable bonds is 8. The van der Waals surface area contributed by atoms with Crippen LogP contribution in [0.15, 0.2) is 5.38 Å². The molecule has 0 saturated carbocycles. The second-order valence-corrected chi connectivity index (χ2v) is 6.91. The fraction of sp³-hybridized carbons (Fsp3) is 0.786. The standard InChI is InChI=1S/C14H27N3OS/c1-14(2,3)12-11-19-13(16-12)10-15-6-8-18-9-7-17(4)5/h11,15H,6-10H2,1-5H3. The number of hydrogen-bond donors (Lipinski definition) is 1. The van der Waals surface area contributed by atoms with Crippen LogP contribution in [0.3, 0.4) is 0 Å². The molecule has 4 nitrogen and oxygen atoms in total. The molecule has 0 atom stereocenters. The molecule has 1 aromatic rings.